The highest BCUT2D eigenvalue weighted by molar-refractivity contribution is 7.89. The molecule has 0 saturated carbocycles. The number of likely N-dealkylation sites (tertiary alicyclic amines) is 1. The van der Waals surface area contributed by atoms with E-state index < -0.39 is 16.0 Å². The van der Waals surface area contributed by atoms with Gasteiger partial charge in [-0.05, 0) is 55.6 Å². The quantitative estimate of drug-likeness (QED) is 0.685. The van der Waals surface area contributed by atoms with Gasteiger partial charge in [-0.2, -0.15) is 0 Å². The molecule has 2 heterocycles. The number of sulfonamides is 1. The van der Waals surface area contributed by atoms with Crippen LogP contribution in [0.4, 0.5) is 0 Å². The zero-order valence-electron chi connectivity index (χ0n) is 14.9. The Morgan fingerprint density at radius 2 is 2.07 bits per heavy atom. The molecule has 0 radical (unpaired) electrons. The summed E-state index contributed by atoms with van der Waals surface area (Å²) in [6.07, 6.45) is 2.23. The van der Waals surface area contributed by atoms with Crippen LogP contribution in [0.3, 0.4) is 0 Å². The van der Waals surface area contributed by atoms with Crippen LogP contribution in [0.15, 0.2) is 40.6 Å². The maximum absolute atomic E-state index is 12.8. The fraction of sp³-hybridized carbons (Fsp3) is 0.389. The second-order valence-electron chi connectivity index (χ2n) is 6.26. The summed E-state index contributed by atoms with van der Waals surface area (Å²) >= 11 is 7.70. The van der Waals surface area contributed by atoms with Gasteiger partial charge in [0.15, 0.2) is 0 Å². The lowest BCUT2D eigenvalue weighted by molar-refractivity contribution is 0.0600. The van der Waals surface area contributed by atoms with Crippen molar-refractivity contribution in [3.8, 4) is 0 Å². The minimum absolute atomic E-state index is 0.0233. The highest BCUT2D eigenvalue weighted by Gasteiger charge is 2.27. The molecular weight excluding hydrogens is 408 g/mol. The number of rotatable bonds is 7. The predicted octanol–water partition coefficient (Wildman–Crippen LogP) is 3.30. The lowest BCUT2D eigenvalue weighted by atomic mass is 10.2. The Morgan fingerprint density at radius 1 is 1.33 bits per heavy atom. The van der Waals surface area contributed by atoms with Gasteiger partial charge >= 0.3 is 5.97 Å². The van der Waals surface area contributed by atoms with E-state index in [1.165, 1.54) is 25.3 Å². The maximum Gasteiger partial charge on any atom is 0.337 e. The largest absolute Gasteiger partial charge is 0.465 e. The van der Waals surface area contributed by atoms with Crippen molar-refractivity contribution in [3.63, 3.8) is 0 Å². The van der Waals surface area contributed by atoms with Gasteiger partial charge in [0, 0.05) is 11.4 Å². The van der Waals surface area contributed by atoms with Crippen LogP contribution < -0.4 is 4.72 Å². The third-order valence-corrected chi connectivity index (χ3v) is 7.44. The minimum atomic E-state index is -3.88. The van der Waals surface area contributed by atoms with Crippen LogP contribution in [0.25, 0.3) is 0 Å². The summed E-state index contributed by atoms with van der Waals surface area (Å²) in [5, 5.41) is 2.05. The molecule has 9 heteroatoms. The minimum Gasteiger partial charge on any atom is -0.465 e. The topological polar surface area (TPSA) is 75.7 Å². The van der Waals surface area contributed by atoms with Gasteiger partial charge in [-0.3, -0.25) is 4.90 Å². The standard InChI is InChI=1S/C18H21ClN2O4S2/c1-25-18(22)13-6-7-14(19)17(11-13)27(23,24)20-12-15(16-5-4-10-26-16)21-8-2-3-9-21/h4-7,10-11,15,20H,2-3,8-9,12H2,1H3. The molecule has 1 atom stereocenters. The number of hydrogen-bond donors (Lipinski definition) is 1. The van der Waals surface area contributed by atoms with Crippen molar-refractivity contribution in [1.82, 2.24) is 9.62 Å². The normalized spacial score (nSPS) is 16.4. The number of hydrogen-bond acceptors (Lipinski definition) is 6. The third kappa shape index (κ3) is 4.70. The van der Waals surface area contributed by atoms with E-state index in [1.807, 2.05) is 17.5 Å². The number of nitrogens with one attached hydrogen (secondary N) is 1. The van der Waals surface area contributed by atoms with Gasteiger partial charge in [0.25, 0.3) is 0 Å². The summed E-state index contributed by atoms with van der Waals surface area (Å²) in [5.41, 5.74) is 0.136. The van der Waals surface area contributed by atoms with Gasteiger partial charge in [-0.25, -0.2) is 17.9 Å². The Hall–Kier alpha value is -1.45. The van der Waals surface area contributed by atoms with Crippen molar-refractivity contribution in [3.05, 3.63) is 51.2 Å². The number of thiophene rings is 1. The Bertz CT molecular complexity index is 894. The number of carbonyl (C=O) groups is 1. The fourth-order valence-corrected chi connectivity index (χ4v) is 5.59. The molecule has 1 aliphatic rings. The Labute approximate surface area is 168 Å². The molecule has 3 rings (SSSR count). The molecule has 27 heavy (non-hydrogen) atoms. The van der Waals surface area contributed by atoms with E-state index in [0.717, 1.165) is 30.8 Å². The molecule has 146 valence electrons. The first-order chi connectivity index (χ1) is 12.9. The number of nitrogens with zero attached hydrogens (tertiary/aromatic N) is 1. The molecule has 0 spiro atoms. The van der Waals surface area contributed by atoms with Gasteiger partial charge in [0.1, 0.15) is 4.90 Å². The van der Waals surface area contributed by atoms with E-state index >= 15 is 0 Å². The molecule has 1 fully saturated rings. The lowest BCUT2D eigenvalue weighted by Gasteiger charge is -2.27. The number of carbonyl (C=O) groups excluding carboxylic acids is 1. The molecule has 0 amide bonds. The van der Waals surface area contributed by atoms with E-state index in [-0.39, 0.29) is 28.1 Å². The van der Waals surface area contributed by atoms with Crippen LogP contribution >= 0.6 is 22.9 Å². The van der Waals surface area contributed by atoms with Gasteiger partial charge in [0.2, 0.25) is 10.0 Å². The van der Waals surface area contributed by atoms with Crippen molar-refractivity contribution in [1.29, 1.82) is 0 Å². The van der Waals surface area contributed by atoms with Crippen molar-refractivity contribution in [2.45, 2.75) is 23.8 Å². The van der Waals surface area contributed by atoms with Crippen LogP contribution in [0.1, 0.15) is 34.1 Å². The lowest BCUT2D eigenvalue weighted by Crippen LogP contribution is -2.36. The van der Waals surface area contributed by atoms with Gasteiger partial charge in [0.05, 0.1) is 23.7 Å². The van der Waals surface area contributed by atoms with Gasteiger partial charge in [-0.15, -0.1) is 11.3 Å². The number of benzene rings is 1. The van der Waals surface area contributed by atoms with E-state index in [0.29, 0.717) is 0 Å². The maximum atomic E-state index is 12.8. The summed E-state index contributed by atoms with van der Waals surface area (Å²) in [6.45, 7) is 2.13. The molecule has 6 nitrogen and oxygen atoms in total. The first kappa shape index (κ1) is 20.3. The molecule has 1 aromatic heterocycles. The number of methoxy groups -OCH3 is 1. The van der Waals surface area contributed by atoms with Crippen molar-refractivity contribution >= 4 is 38.9 Å². The average Bonchev–Trinajstić information content (AvgIpc) is 3.36. The highest BCUT2D eigenvalue weighted by Crippen LogP contribution is 2.29. The molecule has 0 aliphatic carbocycles. The van der Waals surface area contributed by atoms with Gasteiger partial charge in [-0.1, -0.05) is 17.7 Å². The molecule has 1 unspecified atom stereocenters. The summed E-state index contributed by atoms with van der Waals surface area (Å²) in [6, 6.07) is 8.03. The average molecular weight is 429 g/mol. The molecule has 2 aromatic rings. The molecule has 1 aliphatic heterocycles. The third-order valence-electron chi connectivity index (χ3n) is 4.56. The van der Waals surface area contributed by atoms with Crippen molar-refractivity contribution in [2.24, 2.45) is 0 Å². The van der Waals surface area contributed by atoms with Crippen LogP contribution in [-0.2, 0) is 14.8 Å². The SMILES string of the molecule is COC(=O)c1ccc(Cl)c(S(=O)(=O)NCC(c2cccs2)N2CCCC2)c1. The summed E-state index contributed by atoms with van der Waals surface area (Å²) in [5.74, 6) is -0.614. The highest BCUT2D eigenvalue weighted by atomic mass is 35.5. The van der Waals surface area contributed by atoms with Crippen LogP contribution in [0.5, 0.6) is 0 Å². The summed E-state index contributed by atoms with van der Waals surface area (Å²) in [4.78, 5) is 15.0. The first-order valence-corrected chi connectivity index (χ1v) is 11.3. The Kier molecular flexibility index (Phi) is 6.54. The fourth-order valence-electron chi connectivity index (χ4n) is 3.16. The van der Waals surface area contributed by atoms with Crippen molar-refractivity contribution < 1.29 is 17.9 Å². The molecule has 0 bridgehead atoms. The van der Waals surface area contributed by atoms with Crippen molar-refractivity contribution in [2.75, 3.05) is 26.7 Å². The second kappa shape index (κ2) is 8.70. The molecule has 1 saturated heterocycles. The van der Waals surface area contributed by atoms with E-state index in [4.69, 9.17) is 11.6 Å². The Balaban J connectivity index is 1.82. The number of ether oxygens (including phenoxy) is 1. The Morgan fingerprint density at radius 3 is 2.70 bits per heavy atom. The first-order valence-electron chi connectivity index (χ1n) is 8.57. The predicted molar refractivity (Wildman–Crippen MR) is 106 cm³/mol. The second-order valence-corrected chi connectivity index (χ2v) is 9.38. The zero-order chi connectivity index (χ0) is 19.4. The van der Waals surface area contributed by atoms with Gasteiger partial charge < -0.3 is 4.74 Å². The van der Waals surface area contributed by atoms with E-state index in [1.54, 1.807) is 11.3 Å². The smallest absolute Gasteiger partial charge is 0.337 e. The molecular formula is C18H21ClN2O4S2. The number of halogens is 1. The van der Waals surface area contributed by atoms with E-state index in [9.17, 15) is 13.2 Å². The summed E-state index contributed by atoms with van der Waals surface area (Å²) in [7, 11) is -2.64. The summed E-state index contributed by atoms with van der Waals surface area (Å²) < 4.78 is 33.0. The van der Waals surface area contributed by atoms with Crippen LogP contribution in [-0.4, -0.2) is 46.0 Å². The molecule has 1 N–H and O–H groups in total. The van der Waals surface area contributed by atoms with Crippen LogP contribution in [0.2, 0.25) is 5.02 Å². The van der Waals surface area contributed by atoms with E-state index in [2.05, 4.69) is 14.4 Å². The van der Waals surface area contributed by atoms with Crippen LogP contribution in [0, 0.1) is 0 Å². The monoisotopic (exact) mass is 428 g/mol. The number of esters is 1. The zero-order valence-corrected chi connectivity index (χ0v) is 17.2. The molecule has 1 aromatic carbocycles.